The molecule has 14 heavy (non-hydrogen) atoms. The van der Waals surface area contributed by atoms with Gasteiger partial charge in [0, 0.05) is 11.6 Å². The van der Waals surface area contributed by atoms with Gasteiger partial charge in [0.1, 0.15) is 5.82 Å². The van der Waals surface area contributed by atoms with Crippen LogP contribution in [0.25, 0.3) is 11.3 Å². The van der Waals surface area contributed by atoms with Gasteiger partial charge in [-0.1, -0.05) is 5.16 Å². The highest BCUT2D eigenvalue weighted by Crippen LogP contribution is 2.23. The molecule has 0 aliphatic heterocycles. The van der Waals surface area contributed by atoms with Crippen molar-refractivity contribution in [2.24, 2.45) is 0 Å². The molecule has 2 rings (SSSR count). The zero-order valence-corrected chi connectivity index (χ0v) is 7.62. The molecule has 4 heteroatoms. The average molecular weight is 192 g/mol. The number of hydrogen-bond donors (Lipinski definition) is 1. The van der Waals surface area contributed by atoms with Gasteiger partial charge in [0.05, 0.1) is 0 Å². The van der Waals surface area contributed by atoms with Gasteiger partial charge in [-0.3, -0.25) is 0 Å². The molecule has 0 unspecified atom stereocenters. The number of nitrogen functional groups attached to an aromatic ring is 1. The van der Waals surface area contributed by atoms with E-state index in [0.717, 1.165) is 5.56 Å². The molecule has 0 bridgehead atoms. The van der Waals surface area contributed by atoms with E-state index in [0.29, 0.717) is 17.1 Å². The molecule has 0 aliphatic carbocycles. The summed E-state index contributed by atoms with van der Waals surface area (Å²) >= 11 is 0. The van der Waals surface area contributed by atoms with Crippen molar-refractivity contribution in [2.75, 3.05) is 5.73 Å². The number of hydrogen-bond acceptors (Lipinski definition) is 3. The van der Waals surface area contributed by atoms with E-state index in [9.17, 15) is 4.39 Å². The molecule has 1 heterocycles. The van der Waals surface area contributed by atoms with Crippen LogP contribution in [0.2, 0.25) is 0 Å². The van der Waals surface area contributed by atoms with Crippen LogP contribution < -0.4 is 5.73 Å². The van der Waals surface area contributed by atoms with Crippen molar-refractivity contribution < 1.29 is 8.91 Å². The van der Waals surface area contributed by atoms with Crippen molar-refractivity contribution in [3.05, 3.63) is 35.6 Å². The lowest BCUT2D eigenvalue weighted by atomic mass is 10.1. The monoisotopic (exact) mass is 192 g/mol. The zero-order chi connectivity index (χ0) is 10.1. The number of nitrogens with two attached hydrogens (primary N) is 1. The number of aromatic nitrogens is 1. The zero-order valence-electron chi connectivity index (χ0n) is 7.62. The Morgan fingerprint density at radius 3 is 2.64 bits per heavy atom. The molecule has 0 fully saturated rings. The molecule has 0 radical (unpaired) electrons. The van der Waals surface area contributed by atoms with Crippen LogP contribution >= 0.6 is 0 Å². The Hall–Kier alpha value is -1.84. The fourth-order valence-corrected chi connectivity index (χ4v) is 1.30. The molecule has 0 saturated carbocycles. The fraction of sp³-hybridized carbons (Fsp3) is 0.100. The summed E-state index contributed by atoms with van der Waals surface area (Å²) in [5.41, 5.74) is 6.87. The minimum Gasteiger partial charge on any atom is -0.381 e. The van der Waals surface area contributed by atoms with Crippen molar-refractivity contribution in [1.29, 1.82) is 0 Å². The molecule has 0 spiro atoms. The van der Waals surface area contributed by atoms with Crippen LogP contribution in [0.3, 0.4) is 0 Å². The highest BCUT2D eigenvalue weighted by Gasteiger charge is 2.06. The largest absolute Gasteiger partial charge is 0.381 e. The van der Waals surface area contributed by atoms with E-state index in [2.05, 4.69) is 5.16 Å². The van der Waals surface area contributed by atoms with E-state index in [1.165, 1.54) is 12.1 Å². The van der Waals surface area contributed by atoms with E-state index < -0.39 is 0 Å². The Morgan fingerprint density at radius 1 is 1.29 bits per heavy atom. The summed E-state index contributed by atoms with van der Waals surface area (Å²) in [4.78, 5) is 0. The summed E-state index contributed by atoms with van der Waals surface area (Å²) in [7, 11) is 0. The predicted octanol–water partition coefficient (Wildman–Crippen LogP) is 2.37. The van der Waals surface area contributed by atoms with Crippen LogP contribution in [-0.4, -0.2) is 5.16 Å². The van der Waals surface area contributed by atoms with Crippen molar-refractivity contribution in [2.45, 2.75) is 6.92 Å². The standard InChI is InChI=1S/C10H9FN2O/c1-6-2-7(4-8(11)3-6)9-5-10(12)13-14-9/h2-5H,1H3,(H2,12,13). The topological polar surface area (TPSA) is 52.0 Å². The molecule has 0 aliphatic rings. The summed E-state index contributed by atoms with van der Waals surface area (Å²) in [5, 5.41) is 3.53. The van der Waals surface area contributed by atoms with Gasteiger partial charge in [0.15, 0.2) is 11.6 Å². The maximum Gasteiger partial charge on any atom is 0.169 e. The van der Waals surface area contributed by atoms with Gasteiger partial charge in [0.25, 0.3) is 0 Å². The maximum absolute atomic E-state index is 13.0. The summed E-state index contributed by atoms with van der Waals surface area (Å²) < 4.78 is 17.9. The van der Waals surface area contributed by atoms with Gasteiger partial charge >= 0.3 is 0 Å². The number of benzene rings is 1. The summed E-state index contributed by atoms with van der Waals surface area (Å²) in [5.74, 6) is 0.474. The Labute approximate surface area is 80.3 Å². The van der Waals surface area contributed by atoms with Gasteiger partial charge in [-0.2, -0.15) is 0 Å². The van der Waals surface area contributed by atoms with E-state index in [-0.39, 0.29) is 5.82 Å². The molecular weight excluding hydrogens is 183 g/mol. The first-order valence-electron chi connectivity index (χ1n) is 4.15. The van der Waals surface area contributed by atoms with E-state index in [1.807, 2.05) is 13.0 Å². The third kappa shape index (κ3) is 1.59. The molecule has 72 valence electrons. The molecule has 0 amide bonds. The van der Waals surface area contributed by atoms with Gasteiger partial charge in [0.2, 0.25) is 0 Å². The molecule has 2 aromatic rings. The first-order chi connectivity index (χ1) is 6.65. The van der Waals surface area contributed by atoms with E-state index >= 15 is 0 Å². The maximum atomic E-state index is 13.0. The quantitative estimate of drug-likeness (QED) is 0.754. The lowest BCUT2D eigenvalue weighted by molar-refractivity contribution is 0.435. The first-order valence-corrected chi connectivity index (χ1v) is 4.15. The highest BCUT2D eigenvalue weighted by molar-refractivity contribution is 5.60. The number of nitrogens with zero attached hydrogens (tertiary/aromatic N) is 1. The normalized spacial score (nSPS) is 10.4. The number of halogens is 1. The minimum atomic E-state index is -0.296. The average Bonchev–Trinajstić information content (AvgIpc) is 2.50. The Morgan fingerprint density at radius 2 is 2.07 bits per heavy atom. The van der Waals surface area contributed by atoms with Crippen LogP contribution in [-0.2, 0) is 0 Å². The third-order valence-corrected chi connectivity index (χ3v) is 1.86. The third-order valence-electron chi connectivity index (χ3n) is 1.86. The van der Waals surface area contributed by atoms with E-state index in [4.69, 9.17) is 10.3 Å². The number of aryl methyl sites for hydroxylation is 1. The Kier molecular flexibility index (Phi) is 1.96. The molecule has 1 aromatic heterocycles. The molecular formula is C10H9FN2O. The minimum absolute atomic E-state index is 0.293. The van der Waals surface area contributed by atoms with Crippen LogP contribution in [0.15, 0.2) is 28.8 Å². The van der Waals surface area contributed by atoms with E-state index in [1.54, 1.807) is 6.07 Å². The second-order valence-corrected chi connectivity index (χ2v) is 3.13. The van der Waals surface area contributed by atoms with Gasteiger partial charge in [-0.15, -0.1) is 0 Å². The van der Waals surface area contributed by atoms with Gasteiger partial charge in [-0.25, -0.2) is 4.39 Å². The lowest BCUT2D eigenvalue weighted by Gasteiger charge is -1.98. The van der Waals surface area contributed by atoms with Crippen molar-refractivity contribution in [3.8, 4) is 11.3 Å². The van der Waals surface area contributed by atoms with Crippen LogP contribution in [0.4, 0.5) is 10.2 Å². The fourth-order valence-electron chi connectivity index (χ4n) is 1.30. The summed E-state index contributed by atoms with van der Waals surface area (Å²) in [6.45, 7) is 1.81. The van der Waals surface area contributed by atoms with Crippen molar-refractivity contribution >= 4 is 5.82 Å². The highest BCUT2D eigenvalue weighted by atomic mass is 19.1. The van der Waals surface area contributed by atoms with Gasteiger partial charge < -0.3 is 10.3 Å². The SMILES string of the molecule is Cc1cc(F)cc(-c2cc(N)no2)c1. The Bertz CT molecular complexity index is 445. The second kappa shape index (κ2) is 3.14. The summed E-state index contributed by atoms with van der Waals surface area (Å²) in [6.07, 6.45) is 0. The molecule has 2 N–H and O–H groups in total. The second-order valence-electron chi connectivity index (χ2n) is 3.13. The smallest absolute Gasteiger partial charge is 0.169 e. The Balaban J connectivity index is 2.51. The predicted molar refractivity (Wildman–Crippen MR) is 51.0 cm³/mol. The number of rotatable bonds is 1. The number of anilines is 1. The van der Waals surface area contributed by atoms with Crippen LogP contribution in [0.5, 0.6) is 0 Å². The molecule has 1 aromatic carbocycles. The van der Waals surface area contributed by atoms with Gasteiger partial charge in [-0.05, 0) is 30.7 Å². The molecule has 3 nitrogen and oxygen atoms in total. The lowest BCUT2D eigenvalue weighted by Crippen LogP contribution is -1.82. The summed E-state index contributed by atoms with van der Waals surface area (Å²) in [6, 6.07) is 6.20. The first kappa shape index (κ1) is 8.74. The van der Waals surface area contributed by atoms with Crippen LogP contribution in [0.1, 0.15) is 5.56 Å². The molecule has 0 atom stereocenters. The van der Waals surface area contributed by atoms with Crippen molar-refractivity contribution in [3.63, 3.8) is 0 Å². The van der Waals surface area contributed by atoms with Crippen molar-refractivity contribution in [1.82, 2.24) is 5.16 Å². The van der Waals surface area contributed by atoms with Crippen LogP contribution in [0, 0.1) is 12.7 Å². The molecule has 0 saturated heterocycles.